The van der Waals surface area contributed by atoms with E-state index in [0.717, 1.165) is 24.6 Å². The van der Waals surface area contributed by atoms with Gasteiger partial charge in [-0.1, -0.05) is 0 Å². The zero-order valence-corrected chi connectivity index (χ0v) is 12.0. The number of hydrogen-bond acceptors (Lipinski definition) is 5. The second kappa shape index (κ2) is 5.52. The maximum Gasteiger partial charge on any atom is 0.241 e. The molecule has 0 aromatic carbocycles. The van der Waals surface area contributed by atoms with E-state index < -0.39 is 0 Å². The van der Waals surface area contributed by atoms with Gasteiger partial charge in [-0.05, 0) is 26.1 Å². The highest BCUT2D eigenvalue weighted by Crippen LogP contribution is 2.16. The summed E-state index contributed by atoms with van der Waals surface area (Å²) in [6.07, 6.45) is 0. The molecule has 2 rings (SSSR count). The lowest BCUT2D eigenvalue weighted by Crippen LogP contribution is -2.57. The van der Waals surface area contributed by atoms with Gasteiger partial charge in [0.2, 0.25) is 5.91 Å². The van der Waals surface area contributed by atoms with Gasteiger partial charge in [0, 0.05) is 33.7 Å². The number of piperazine rings is 1. The number of nitrogens with zero attached hydrogens (tertiary/aromatic N) is 5. The summed E-state index contributed by atoms with van der Waals surface area (Å²) < 4.78 is 0. The van der Waals surface area contributed by atoms with Crippen LogP contribution in [0.4, 0.5) is 5.82 Å². The lowest BCUT2D eigenvalue weighted by atomic mass is 10.1. The molecule has 0 aliphatic carbocycles. The Kier molecular flexibility index (Phi) is 3.99. The summed E-state index contributed by atoms with van der Waals surface area (Å²) in [5.74, 6) is 0.975. The molecule has 0 bridgehead atoms. The number of likely N-dealkylation sites (N-methyl/N-ethyl adjacent to an activating group) is 2. The lowest BCUT2D eigenvalue weighted by molar-refractivity contribution is -0.134. The normalized spacial score (nSPS) is 20.4. The van der Waals surface area contributed by atoms with Crippen LogP contribution < -0.4 is 4.90 Å². The Balaban J connectivity index is 2.12. The minimum absolute atomic E-state index is 0.119. The van der Waals surface area contributed by atoms with Crippen molar-refractivity contribution < 1.29 is 4.79 Å². The van der Waals surface area contributed by atoms with Crippen molar-refractivity contribution in [2.45, 2.75) is 13.0 Å². The topological polar surface area (TPSA) is 52.6 Å². The first-order valence-corrected chi connectivity index (χ1v) is 6.45. The summed E-state index contributed by atoms with van der Waals surface area (Å²) in [4.78, 5) is 18.0. The SMILES string of the molecule is Cc1ccc(N2CCN(C)[C@H](C(=O)N(C)C)C2)nn1. The summed E-state index contributed by atoms with van der Waals surface area (Å²) in [6, 6.07) is 3.79. The number of amides is 1. The van der Waals surface area contributed by atoms with Gasteiger partial charge in [0.05, 0.1) is 5.69 Å². The molecule has 6 heteroatoms. The highest BCUT2D eigenvalue weighted by molar-refractivity contribution is 5.82. The molecule has 0 unspecified atom stereocenters. The molecule has 0 N–H and O–H groups in total. The molecule has 1 aliphatic rings. The Morgan fingerprint density at radius 1 is 1.32 bits per heavy atom. The van der Waals surface area contributed by atoms with Gasteiger partial charge in [0.25, 0.3) is 0 Å². The third-order valence-corrected chi connectivity index (χ3v) is 3.48. The van der Waals surface area contributed by atoms with Crippen LogP contribution in [0.25, 0.3) is 0 Å². The van der Waals surface area contributed by atoms with Crippen molar-refractivity contribution in [1.29, 1.82) is 0 Å². The van der Waals surface area contributed by atoms with E-state index in [-0.39, 0.29) is 11.9 Å². The van der Waals surface area contributed by atoms with Gasteiger partial charge < -0.3 is 9.80 Å². The second-order valence-electron chi connectivity index (χ2n) is 5.21. The first kappa shape index (κ1) is 13.7. The van der Waals surface area contributed by atoms with E-state index >= 15 is 0 Å². The third-order valence-electron chi connectivity index (χ3n) is 3.48. The zero-order valence-electron chi connectivity index (χ0n) is 12.0. The van der Waals surface area contributed by atoms with Gasteiger partial charge >= 0.3 is 0 Å². The van der Waals surface area contributed by atoms with Crippen LogP contribution in [0.15, 0.2) is 12.1 Å². The quantitative estimate of drug-likeness (QED) is 0.751. The molecule has 1 fully saturated rings. The van der Waals surface area contributed by atoms with Crippen LogP contribution in [0.1, 0.15) is 5.69 Å². The minimum Gasteiger partial charge on any atom is -0.352 e. The molecule has 0 spiro atoms. The van der Waals surface area contributed by atoms with Gasteiger partial charge in [0.15, 0.2) is 5.82 Å². The molecule has 104 valence electrons. The van der Waals surface area contributed by atoms with Gasteiger partial charge in [-0.3, -0.25) is 9.69 Å². The summed E-state index contributed by atoms with van der Waals surface area (Å²) in [5, 5.41) is 8.28. The van der Waals surface area contributed by atoms with E-state index in [1.54, 1.807) is 19.0 Å². The zero-order chi connectivity index (χ0) is 14.0. The predicted octanol–water partition coefficient (Wildman–Crippen LogP) is -0.00638. The van der Waals surface area contributed by atoms with E-state index in [0.29, 0.717) is 6.54 Å². The van der Waals surface area contributed by atoms with Gasteiger partial charge in [-0.25, -0.2) is 0 Å². The Morgan fingerprint density at radius 2 is 2.05 bits per heavy atom. The van der Waals surface area contributed by atoms with Crippen LogP contribution in [-0.2, 0) is 4.79 Å². The number of aryl methyl sites for hydroxylation is 1. The molecule has 1 amide bonds. The van der Waals surface area contributed by atoms with Gasteiger partial charge in [-0.2, -0.15) is 5.10 Å². The molecule has 2 heterocycles. The van der Waals surface area contributed by atoms with E-state index in [4.69, 9.17) is 0 Å². The van der Waals surface area contributed by atoms with E-state index in [2.05, 4.69) is 20.0 Å². The van der Waals surface area contributed by atoms with Crippen molar-refractivity contribution >= 4 is 11.7 Å². The second-order valence-corrected chi connectivity index (χ2v) is 5.21. The predicted molar refractivity (Wildman–Crippen MR) is 74.1 cm³/mol. The molecule has 1 aliphatic heterocycles. The number of hydrogen-bond donors (Lipinski definition) is 0. The van der Waals surface area contributed by atoms with Crippen molar-refractivity contribution in [2.24, 2.45) is 0 Å². The molecular formula is C13H21N5O. The minimum atomic E-state index is -0.119. The average Bonchev–Trinajstić information content (AvgIpc) is 2.39. The summed E-state index contributed by atoms with van der Waals surface area (Å²) >= 11 is 0. The Morgan fingerprint density at radius 3 is 2.63 bits per heavy atom. The summed E-state index contributed by atoms with van der Waals surface area (Å²) in [7, 11) is 5.58. The number of anilines is 1. The number of aromatic nitrogens is 2. The van der Waals surface area contributed by atoms with Crippen molar-refractivity contribution in [3.63, 3.8) is 0 Å². The molecule has 19 heavy (non-hydrogen) atoms. The Hall–Kier alpha value is -1.69. The molecule has 6 nitrogen and oxygen atoms in total. The highest BCUT2D eigenvalue weighted by atomic mass is 16.2. The fourth-order valence-electron chi connectivity index (χ4n) is 2.21. The Labute approximate surface area is 114 Å². The molecule has 1 atom stereocenters. The van der Waals surface area contributed by atoms with Gasteiger partial charge in [-0.15, -0.1) is 5.10 Å². The summed E-state index contributed by atoms with van der Waals surface area (Å²) in [6.45, 7) is 4.29. The summed E-state index contributed by atoms with van der Waals surface area (Å²) in [5.41, 5.74) is 0.902. The van der Waals surface area contributed by atoms with Gasteiger partial charge in [0.1, 0.15) is 6.04 Å². The molecule has 0 radical (unpaired) electrons. The fourth-order valence-corrected chi connectivity index (χ4v) is 2.21. The number of rotatable bonds is 2. The fraction of sp³-hybridized carbons (Fsp3) is 0.615. The van der Waals surface area contributed by atoms with Crippen LogP contribution >= 0.6 is 0 Å². The molecule has 1 saturated heterocycles. The van der Waals surface area contributed by atoms with E-state index in [1.165, 1.54) is 0 Å². The lowest BCUT2D eigenvalue weighted by Gasteiger charge is -2.39. The van der Waals surface area contributed by atoms with Crippen molar-refractivity contribution in [1.82, 2.24) is 20.0 Å². The standard InChI is InChI=1S/C13H21N5O/c1-10-5-6-12(15-14-10)18-8-7-17(4)11(9-18)13(19)16(2)3/h5-6,11H,7-9H2,1-4H3/t11-/m0/s1. The highest BCUT2D eigenvalue weighted by Gasteiger charge is 2.31. The van der Waals surface area contributed by atoms with Crippen LogP contribution in [0.2, 0.25) is 0 Å². The first-order chi connectivity index (χ1) is 8.99. The van der Waals surface area contributed by atoms with Crippen LogP contribution in [-0.4, -0.2) is 72.7 Å². The first-order valence-electron chi connectivity index (χ1n) is 6.45. The van der Waals surface area contributed by atoms with E-state index in [9.17, 15) is 4.79 Å². The smallest absolute Gasteiger partial charge is 0.241 e. The van der Waals surface area contributed by atoms with Crippen molar-refractivity contribution in [3.8, 4) is 0 Å². The van der Waals surface area contributed by atoms with Crippen molar-refractivity contribution in [2.75, 3.05) is 45.7 Å². The average molecular weight is 263 g/mol. The maximum atomic E-state index is 12.2. The van der Waals surface area contributed by atoms with Crippen LogP contribution in [0, 0.1) is 6.92 Å². The molecule has 1 aromatic rings. The molecule has 0 saturated carbocycles. The monoisotopic (exact) mass is 263 g/mol. The van der Waals surface area contributed by atoms with Crippen molar-refractivity contribution in [3.05, 3.63) is 17.8 Å². The molecular weight excluding hydrogens is 242 g/mol. The Bertz CT molecular complexity index is 445. The largest absolute Gasteiger partial charge is 0.352 e. The number of carbonyl (C=O) groups excluding carboxylic acids is 1. The third kappa shape index (κ3) is 3.01. The van der Waals surface area contributed by atoms with Crippen LogP contribution in [0.3, 0.4) is 0 Å². The maximum absolute atomic E-state index is 12.2. The van der Waals surface area contributed by atoms with Crippen LogP contribution in [0.5, 0.6) is 0 Å². The molecule has 1 aromatic heterocycles. The number of carbonyl (C=O) groups is 1. The van der Waals surface area contributed by atoms with E-state index in [1.807, 2.05) is 26.1 Å².